The number of amides is 1. The Kier molecular flexibility index (Phi) is 2.97. The summed E-state index contributed by atoms with van der Waals surface area (Å²) in [5, 5.41) is 1.22. The molecule has 0 saturated carbocycles. The van der Waals surface area contributed by atoms with E-state index in [1.165, 1.54) is 10.9 Å². The number of hydrogen-bond donors (Lipinski definition) is 1. The maximum atomic E-state index is 13.1. The molecule has 24 heavy (non-hydrogen) atoms. The number of carbonyl (C=O) groups is 1. The van der Waals surface area contributed by atoms with Crippen LogP contribution in [0.5, 0.6) is 0 Å². The second-order valence-corrected chi connectivity index (χ2v) is 6.92. The molecule has 1 aliphatic heterocycles. The number of benzene rings is 1. The minimum atomic E-state index is -2.40. The van der Waals surface area contributed by atoms with Gasteiger partial charge in [-0.1, -0.05) is 25.1 Å². The van der Waals surface area contributed by atoms with Crippen LogP contribution in [0.25, 0.3) is 16.5 Å². The van der Waals surface area contributed by atoms with Gasteiger partial charge in [0.15, 0.2) is 0 Å². The average molecular weight is 326 g/mol. The van der Waals surface area contributed by atoms with Crippen molar-refractivity contribution in [1.29, 1.82) is 0 Å². The Morgan fingerprint density at radius 2 is 2.38 bits per heavy atom. The number of hydrogen-bond acceptors (Lipinski definition) is 2. The number of aromatic amines is 1. The van der Waals surface area contributed by atoms with Crippen molar-refractivity contribution in [1.82, 2.24) is 14.8 Å². The van der Waals surface area contributed by atoms with Crippen LogP contribution in [0.2, 0.25) is 0 Å². The molecule has 0 unspecified atom stereocenters. The van der Waals surface area contributed by atoms with Crippen molar-refractivity contribution in [3.63, 3.8) is 0 Å². The Morgan fingerprint density at radius 3 is 3.17 bits per heavy atom. The zero-order valence-corrected chi connectivity index (χ0v) is 14.2. The van der Waals surface area contributed by atoms with Crippen LogP contribution in [0.3, 0.4) is 0 Å². The molecule has 1 aromatic heterocycles. The highest BCUT2D eigenvalue weighted by molar-refractivity contribution is 5.99. The van der Waals surface area contributed by atoms with Gasteiger partial charge in [-0.2, -0.15) is 0 Å². The van der Waals surface area contributed by atoms with Gasteiger partial charge >= 0.3 is 0 Å². The number of nitrogens with zero attached hydrogens (tertiary/aromatic N) is 2. The molecule has 4 heteroatoms. The molecule has 2 atom stereocenters. The zero-order chi connectivity index (χ0) is 19.3. The quantitative estimate of drug-likeness (QED) is 0.942. The predicted molar refractivity (Wildman–Crippen MR) is 97.8 cm³/mol. The smallest absolute Gasteiger partial charge is 0.230 e. The van der Waals surface area contributed by atoms with Crippen LogP contribution >= 0.6 is 0 Å². The molecule has 2 heterocycles. The van der Waals surface area contributed by atoms with E-state index in [0.717, 1.165) is 28.0 Å². The summed E-state index contributed by atoms with van der Waals surface area (Å²) < 4.78 is 23.2. The molecule has 2 aromatic rings. The molecule has 4 nitrogen and oxygen atoms in total. The molecule has 0 fully saturated rings. The number of carbonyl (C=O) groups excluding carboxylic acids is 1. The highest BCUT2D eigenvalue weighted by Crippen LogP contribution is 2.40. The van der Waals surface area contributed by atoms with Crippen LogP contribution < -0.4 is 0 Å². The molecule has 1 aromatic carbocycles. The van der Waals surface area contributed by atoms with Gasteiger partial charge in [0.25, 0.3) is 0 Å². The number of likely N-dealkylation sites (N-methyl/N-ethyl adjacent to an activating group) is 1. The van der Waals surface area contributed by atoms with Gasteiger partial charge < -0.3 is 9.88 Å². The number of nitrogens with one attached hydrogen (secondary N) is 1. The van der Waals surface area contributed by atoms with E-state index in [-0.39, 0.29) is 18.5 Å². The third-order valence-electron chi connectivity index (χ3n) is 5.30. The first-order chi connectivity index (χ1) is 12.8. The third kappa shape index (κ3) is 2.28. The van der Waals surface area contributed by atoms with Gasteiger partial charge in [0.2, 0.25) is 5.91 Å². The number of H-pyrrole nitrogens is 1. The van der Waals surface area contributed by atoms with Crippen LogP contribution in [0, 0.1) is 5.92 Å². The Bertz CT molecular complexity index is 915. The van der Waals surface area contributed by atoms with Gasteiger partial charge in [0.1, 0.15) is 0 Å². The molecule has 126 valence electrons. The van der Waals surface area contributed by atoms with E-state index >= 15 is 0 Å². The van der Waals surface area contributed by atoms with Crippen molar-refractivity contribution in [3.8, 4) is 0 Å². The summed E-state index contributed by atoms with van der Waals surface area (Å²) >= 11 is 0. The van der Waals surface area contributed by atoms with E-state index < -0.39 is 12.9 Å². The Morgan fingerprint density at radius 1 is 1.50 bits per heavy atom. The maximum absolute atomic E-state index is 13.1. The third-order valence-corrected chi connectivity index (χ3v) is 5.30. The van der Waals surface area contributed by atoms with Crippen molar-refractivity contribution < 1.29 is 8.91 Å². The maximum Gasteiger partial charge on any atom is 0.230 e. The minimum absolute atomic E-state index is 0.218. The van der Waals surface area contributed by atoms with Gasteiger partial charge in [-0.3, -0.25) is 9.69 Å². The largest absolute Gasteiger partial charge is 0.361 e. The normalized spacial score (nSPS) is 25.4. The predicted octanol–water partition coefficient (Wildman–Crippen LogP) is 2.91. The molecule has 2 aliphatic rings. The van der Waals surface area contributed by atoms with Gasteiger partial charge in [0.05, 0.1) is 5.92 Å². The summed E-state index contributed by atoms with van der Waals surface area (Å²) in [6.45, 7) is 0.281. The van der Waals surface area contributed by atoms with Gasteiger partial charge in [0, 0.05) is 47.3 Å². The van der Waals surface area contributed by atoms with Crippen molar-refractivity contribution in [2.75, 3.05) is 27.1 Å². The first-order valence-corrected chi connectivity index (χ1v) is 8.64. The van der Waals surface area contributed by atoms with Crippen molar-refractivity contribution in [2.45, 2.75) is 25.8 Å². The van der Waals surface area contributed by atoms with Crippen molar-refractivity contribution >= 4 is 22.4 Å². The summed E-state index contributed by atoms with van der Waals surface area (Å²) in [5.74, 6) is -0.745. The zero-order valence-electron chi connectivity index (χ0n) is 17.2. The van der Waals surface area contributed by atoms with Crippen molar-refractivity contribution in [2.24, 2.45) is 5.92 Å². The minimum Gasteiger partial charge on any atom is -0.361 e. The van der Waals surface area contributed by atoms with Crippen LogP contribution in [0.4, 0.5) is 0 Å². The Labute approximate surface area is 147 Å². The lowest BCUT2D eigenvalue weighted by Crippen LogP contribution is -2.47. The van der Waals surface area contributed by atoms with Crippen molar-refractivity contribution in [3.05, 3.63) is 41.6 Å². The SMILES string of the molecule is [2H]C([2H])([2H])N(CCC)C(=O)[C@@H]1C=C2c3cccc4[nH]cc(c34)C[C@H]2N(C)C1. The highest BCUT2D eigenvalue weighted by atomic mass is 16.2. The van der Waals surface area contributed by atoms with E-state index in [1.54, 1.807) is 0 Å². The summed E-state index contributed by atoms with van der Waals surface area (Å²) in [4.78, 5) is 19.7. The van der Waals surface area contributed by atoms with E-state index in [9.17, 15) is 4.79 Å². The number of aromatic nitrogens is 1. The summed E-state index contributed by atoms with van der Waals surface area (Å²) in [7, 11) is 2.02. The molecule has 0 spiro atoms. The fourth-order valence-corrected chi connectivity index (χ4v) is 4.14. The second kappa shape index (κ2) is 5.78. The fraction of sp³-hybridized carbons (Fsp3) is 0.450. The molecule has 0 saturated heterocycles. The van der Waals surface area contributed by atoms with Gasteiger partial charge in [-0.15, -0.1) is 0 Å². The summed E-state index contributed by atoms with van der Waals surface area (Å²) in [6, 6.07) is 6.41. The van der Waals surface area contributed by atoms with E-state index in [1.807, 2.05) is 26.1 Å². The molecule has 4 rings (SSSR count). The van der Waals surface area contributed by atoms with Crippen LogP contribution in [0.1, 0.15) is 28.6 Å². The molecule has 0 bridgehead atoms. The summed E-state index contributed by atoms with van der Waals surface area (Å²) in [6.07, 6.45) is 5.62. The van der Waals surface area contributed by atoms with Crippen LogP contribution in [0.15, 0.2) is 30.5 Å². The van der Waals surface area contributed by atoms with Crippen LogP contribution in [-0.2, 0) is 11.2 Å². The van der Waals surface area contributed by atoms with Gasteiger partial charge in [-0.25, -0.2) is 0 Å². The molecular formula is C20H25N3O. The van der Waals surface area contributed by atoms with E-state index in [0.29, 0.717) is 13.0 Å². The first-order valence-electron chi connectivity index (χ1n) is 10.1. The Balaban J connectivity index is 1.76. The van der Waals surface area contributed by atoms with Crippen LogP contribution in [-0.4, -0.2) is 53.8 Å². The average Bonchev–Trinajstić information content (AvgIpc) is 3.03. The van der Waals surface area contributed by atoms with E-state index in [4.69, 9.17) is 4.11 Å². The van der Waals surface area contributed by atoms with Gasteiger partial charge in [-0.05, 0) is 42.7 Å². The first kappa shape index (κ1) is 12.3. The topological polar surface area (TPSA) is 39.3 Å². The molecular weight excluding hydrogens is 298 g/mol. The fourth-order valence-electron chi connectivity index (χ4n) is 4.14. The second-order valence-electron chi connectivity index (χ2n) is 6.92. The standard InChI is InChI=1S/C20H25N3O/c1-4-8-22(2)20(24)14-9-16-15-6-5-7-17-19(15)13(11-21-17)10-18(16)23(3)12-14/h5-7,9,11,14,18,21H,4,8,10,12H2,1-3H3/t14-,18-/m1/s1/i2D3. The number of rotatable bonds is 3. The molecule has 0 radical (unpaired) electrons. The molecule has 1 aliphatic carbocycles. The monoisotopic (exact) mass is 326 g/mol. The van der Waals surface area contributed by atoms with E-state index in [2.05, 4.69) is 28.2 Å². The number of fused-ring (bicyclic) bond motifs is 2. The lowest BCUT2D eigenvalue weighted by atomic mass is 9.79. The lowest BCUT2D eigenvalue weighted by Gasteiger charge is -2.40. The highest BCUT2D eigenvalue weighted by Gasteiger charge is 2.36. The lowest BCUT2D eigenvalue weighted by molar-refractivity contribution is -0.133. The molecule has 1 N–H and O–H groups in total. The summed E-state index contributed by atoms with van der Waals surface area (Å²) in [5.41, 5.74) is 4.70. The molecule has 1 amide bonds. The Hall–Kier alpha value is -2.07.